The van der Waals surface area contributed by atoms with Crippen LogP contribution in [0.5, 0.6) is 0 Å². The van der Waals surface area contributed by atoms with E-state index in [0.29, 0.717) is 17.5 Å². The van der Waals surface area contributed by atoms with Gasteiger partial charge in [0.2, 0.25) is 0 Å². The fraction of sp³-hybridized carbons (Fsp3) is 0. The summed E-state index contributed by atoms with van der Waals surface area (Å²) in [5.74, 6) is 1.81. The molecule has 0 saturated carbocycles. The van der Waals surface area contributed by atoms with Crippen LogP contribution in [-0.2, 0) is 0 Å². The summed E-state index contributed by atoms with van der Waals surface area (Å²) in [4.78, 5) is 15.7. The highest BCUT2D eigenvalue weighted by Crippen LogP contribution is 2.38. The molecular formula is C51H32N4O. The van der Waals surface area contributed by atoms with Crippen LogP contribution in [0.2, 0.25) is 0 Å². The second-order valence-electron chi connectivity index (χ2n) is 14.0. The monoisotopic (exact) mass is 716 g/mol. The Labute approximate surface area is 322 Å². The molecule has 0 N–H and O–H groups in total. The smallest absolute Gasteiger partial charge is 0.164 e. The molecule has 0 spiro atoms. The first-order valence-corrected chi connectivity index (χ1v) is 18.8. The van der Waals surface area contributed by atoms with E-state index in [1.54, 1.807) is 0 Å². The molecule has 0 atom stereocenters. The third kappa shape index (κ3) is 5.37. The van der Waals surface area contributed by atoms with Crippen molar-refractivity contribution < 1.29 is 4.42 Å². The lowest BCUT2D eigenvalue weighted by atomic mass is 9.96. The van der Waals surface area contributed by atoms with Gasteiger partial charge in [-0.1, -0.05) is 133 Å². The predicted octanol–water partition coefficient (Wildman–Crippen LogP) is 13.2. The van der Waals surface area contributed by atoms with Gasteiger partial charge < -0.3 is 8.98 Å². The minimum absolute atomic E-state index is 0.596. The van der Waals surface area contributed by atoms with Crippen molar-refractivity contribution in [3.8, 4) is 62.1 Å². The largest absolute Gasteiger partial charge is 0.456 e. The van der Waals surface area contributed by atoms with Gasteiger partial charge in [0.15, 0.2) is 17.5 Å². The molecule has 262 valence electrons. The molecule has 56 heavy (non-hydrogen) atoms. The van der Waals surface area contributed by atoms with Crippen LogP contribution in [0.15, 0.2) is 199 Å². The summed E-state index contributed by atoms with van der Waals surface area (Å²) in [7, 11) is 0. The summed E-state index contributed by atoms with van der Waals surface area (Å²) < 4.78 is 8.51. The van der Waals surface area contributed by atoms with Gasteiger partial charge in [-0.15, -0.1) is 0 Å². The molecule has 3 aromatic heterocycles. The Morgan fingerprint density at radius 2 is 0.839 bits per heavy atom. The number of hydrogen-bond acceptors (Lipinski definition) is 4. The Balaban J connectivity index is 1.11. The molecular weight excluding hydrogens is 685 g/mol. The van der Waals surface area contributed by atoms with Gasteiger partial charge in [0.05, 0.1) is 11.0 Å². The molecule has 0 radical (unpaired) electrons. The molecule has 5 heteroatoms. The second-order valence-corrected chi connectivity index (χ2v) is 14.0. The minimum atomic E-state index is 0.596. The van der Waals surface area contributed by atoms with E-state index in [9.17, 15) is 0 Å². The Hall–Kier alpha value is -7.63. The number of hydrogen-bond donors (Lipinski definition) is 0. The first-order chi connectivity index (χ1) is 27.7. The molecule has 8 aromatic carbocycles. The minimum Gasteiger partial charge on any atom is -0.456 e. The zero-order valence-electron chi connectivity index (χ0n) is 30.2. The van der Waals surface area contributed by atoms with E-state index in [2.05, 4.69) is 162 Å². The fourth-order valence-electron chi connectivity index (χ4n) is 7.99. The molecule has 11 aromatic rings. The zero-order valence-corrected chi connectivity index (χ0v) is 30.2. The van der Waals surface area contributed by atoms with E-state index >= 15 is 0 Å². The van der Waals surface area contributed by atoms with Crippen LogP contribution in [0.1, 0.15) is 0 Å². The van der Waals surface area contributed by atoms with Crippen molar-refractivity contribution in [1.29, 1.82) is 0 Å². The molecule has 0 fully saturated rings. The van der Waals surface area contributed by atoms with E-state index in [4.69, 9.17) is 19.4 Å². The van der Waals surface area contributed by atoms with Crippen LogP contribution in [-0.4, -0.2) is 19.5 Å². The molecule has 11 rings (SSSR count). The van der Waals surface area contributed by atoms with Crippen LogP contribution in [0.4, 0.5) is 0 Å². The molecule has 0 unspecified atom stereocenters. The van der Waals surface area contributed by atoms with Crippen LogP contribution in [0.25, 0.3) is 106 Å². The lowest BCUT2D eigenvalue weighted by molar-refractivity contribution is 0.669. The van der Waals surface area contributed by atoms with E-state index in [-0.39, 0.29) is 0 Å². The van der Waals surface area contributed by atoms with Gasteiger partial charge in [-0.3, -0.25) is 0 Å². The van der Waals surface area contributed by atoms with Gasteiger partial charge in [0, 0.05) is 43.9 Å². The number of benzene rings is 8. The van der Waals surface area contributed by atoms with Gasteiger partial charge >= 0.3 is 0 Å². The first kappa shape index (κ1) is 31.9. The van der Waals surface area contributed by atoms with E-state index in [0.717, 1.165) is 71.9 Å². The number of aromatic nitrogens is 4. The lowest BCUT2D eigenvalue weighted by Crippen LogP contribution is -2.01. The third-order valence-electron chi connectivity index (χ3n) is 10.7. The molecule has 0 aliphatic carbocycles. The summed E-state index contributed by atoms with van der Waals surface area (Å²) in [6.45, 7) is 0. The van der Waals surface area contributed by atoms with Crippen LogP contribution in [0, 0.1) is 0 Å². The van der Waals surface area contributed by atoms with Crippen molar-refractivity contribution in [1.82, 2.24) is 19.5 Å². The molecule has 0 saturated heterocycles. The number of para-hydroxylation sites is 3. The van der Waals surface area contributed by atoms with Gasteiger partial charge in [-0.2, -0.15) is 0 Å². The normalized spacial score (nSPS) is 11.6. The molecule has 0 aliphatic heterocycles. The van der Waals surface area contributed by atoms with Crippen molar-refractivity contribution in [3.05, 3.63) is 194 Å². The lowest BCUT2D eigenvalue weighted by Gasteiger charge is -2.13. The Kier molecular flexibility index (Phi) is 7.42. The quantitative estimate of drug-likeness (QED) is 0.172. The highest BCUT2D eigenvalue weighted by Gasteiger charge is 2.19. The summed E-state index contributed by atoms with van der Waals surface area (Å²) in [6, 6.07) is 67.5. The van der Waals surface area contributed by atoms with Crippen LogP contribution in [0.3, 0.4) is 0 Å². The van der Waals surface area contributed by atoms with Crippen molar-refractivity contribution in [2.24, 2.45) is 0 Å². The van der Waals surface area contributed by atoms with Crippen LogP contribution < -0.4 is 0 Å². The topological polar surface area (TPSA) is 56.7 Å². The zero-order chi connectivity index (χ0) is 37.0. The van der Waals surface area contributed by atoms with E-state index < -0.39 is 0 Å². The molecule has 5 nitrogen and oxygen atoms in total. The van der Waals surface area contributed by atoms with E-state index in [1.807, 2.05) is 36.4 Å². The van der Waals surface area contributed by atoms with E-state index in [1.165, 1.54) is 16.5 Å². The second kappa shape index (κ2) is 13.0. The standard InChI is InChI=1S/C51H32N4O/c1-3-13-33(14-4-1)34-23-25-35(26-24-34)39-17-7-8-20-42(39)51-53-49(52-50(54-51)37-28-30-48-44(32-37)41-19-10-12-22-47(41)56-48)36-27-29-46-43(31-36)40-18-9-11-21-45(40)55(46)38-15-5-2-6-16-38/h1-32H. The third-order valence-corrected chi connectivity index (χ3v) is 10.7. The molecule has 0 aliphatic rings. The SMILES string of the molecule is c1ccc(-c2ccc(-c3ccccc3-c3nc(-c4ccc5oc6ccccc6c5c4)nc(-c4ccc5c(c4)c4ccccc4n5-c4ccccc4)n3)cc2)cc1. The van der Waals surface area contributed by atoms with Gasteiger partial charge in [-0.05, 0) is 82.9 Å². The van der Waals surface area contributed by atoms with Gasteiger partial charge in [0.25, 0.3) is 0 Å². The summed E-state index contributed by atoms with van der Waals surface area (Å²) >= 11 is 0. The van der Waals surface area contributed by atoms with Crippen molar-refractivity contribution in [2.75, 3.05) is 0 Å². The van der Waals surface area contributed by atoms with Crippen LogP contribution >= 0.6 is 0 Å². The number of rotatable bonds is 6. The van der Waals surface area contributed by atoms with Crippen molar-refractivity contribution in [3.63, 3.8) is 0 Å². The summed E-state index contributed by atoms with van der Waals surface area (Å²) in [5.41, 5.74) is 12.3. The maximum Gasteiger partial charge on any atom is 0.164 e. The summed E-state index contributed by atoms with van der Waals surface area (Å²) in [6.07, 6.45) is 0. The predicted molar refractivity (Wildman–Crippen MR) is 229 cm³/mol. The summed E-state index contributed by atoms with van der Waals surface area (Å²) in [5, 5.41) is 4.39. The Morgan fingerprint density at radius 1 is 0.321 bits per heavy atom. The molecule has 0 bridgehead atoms. The number of furan rings is 1. The highest BCUT2D eigenvalue weighted by molar-refractivity contribution is 6.10. The first-order valence-electron chi connectivity index (χ1n) is 18.8. The Bertz CT molecular complexity index is 3240. The average molecular weight is 717 g/mol. The number of nitrogens with zero attached hydrogens (tertiary/aromatic N) is 4. The average Bonchev–Trinajstić information content (AvgIpc) is 3.82. The van der Waals surface area contributed by atoms with Gasteiger partial charge in [-0.25, -0.2) is 15.0 Å². The highest BCUT2D eigenvalue weighted by atomic mass is 16.3. The van der Waals surface area contributed by atoms with Crippen molar-refractivity contribution >= 4 is 43.7 Å². The number of fused-ring (bicyclic) bond motifs is 6. The van der Waals surface area contributed by atoms with Gasteiger partial charge in [0.1, 0.15) is 11.2 Å². The molecule has 0 amide bonds. The maximum atomic E-state index is 6.19. The Morgan fingerprint density at radius 3 is 1.62 bits per heavy atom. The van der Waals surface area contributed by atoms with Crippen molar-refractivity contribution in [2.45, 2.75) is 0 Å². The maximum absolute atomic E-state index is 6.19. The molecule has 3 heterocycles. The fourth-order valence-corrected chi connectivity index (χ4v) is 7.99.